The minimum absolute atomic E-state index is 0.0393. The van der Waals surface area contributed by atoms with Crippen LogP contribution < -0.4 is 5.32 Å². The van der Waals surface area contributed by atoms with Crippen molar-refractivity contribution in [2.45, 2.75) is 57.9 Å². The zero-order valence-corrected chi connectivity index (χ0v) is 21.9. The average molecular weight is 512 g/mol. The first-order valence-electron chi connectivity index (χ1n) is 11.4. The second kappa shape index (κ2) is 9.39. The summed E-state index contributed by atoms with van der Waals surface area (Å²) in [6.07, 6.45) is 1.39. The zero-order valence-electron chi connectivity index (χ0n) is 21.0. The van der Waals surface area contributed by atoms with Crippen LogP contribution in [0.3, 0.4) is 0 Å². The molecule has 0 saturated heterocycles. The smallest absolute Gasteiger partial charge is 0.269 e. The molecule has 0 radical (unpaired) electrons. The number of sulfonamides is 1. The maximum Gasteiger partial charge on any atom is 0.269 e. The van der Waals surface area contributed by atoms with Crippen LogP contribution in [-0.2, 0) is 27.7 Å². The van der Waals surface area contributed by atoms with Gasteiger partial charge in [-0.3, -0.25) is 10.1 Å². The van der Waals surface area contributed by atoms with Gasteiger partial charge in [-0.25, -0.2) is 18.4 Å². The van der Waals surface area contributed by atoms with Crippen molar-refractivity contribution < 1.29 is 13.2 Å². The van der Waals surface area contributed by atoms with Crippen molar-refractivity contribution in [2.75, 3.05) is 12.4 Å². The lowest BCUT2D eigenvalue weighted by atomic mass is 9.99. The number of nitrogens with zero attached hydrogens (tertiary/aromatic N) is 6. The third kappa shape index (κ3) is 4.58. The predicted molar refractivity (Wildman–Crippen MR) is 134 cm³/mol. The lowest BCUT2D eigenvalue weighted by Gasteiger charge is -2.32. The number of fused-ring (bicyclic) bond motifs is 1. The van der Waals surface area contributed by atoms with Crippen LogP contribution in [0.15, 0.2) is 29.2 Å². The molecule has 3 N–H and O–H groups in total. The van der Waals surface area contributed by atoms with Gasteiger partial charge < -0.3 is 4.98 Å². The topological polar surface area (TPSA) is 163 Å². The highest BCUT2D eigenvalue weighted by molar-refractivity contribution is 7.89. The van der Waals surface area contributed by atoms with Crippen LogP contribution in [0.5, 0.6) is 0 Å². The lowest BCUT2D eigenvalue weighted by molar-refractivity contribution is -0.123. The Morgan fingerprint density at radius 3 is 2.44 bits per heavy atom. The van der Waals surface area contributed by atoms with Gasteiger partial charge in [0.05, 0.1) is 10.4 Å². The molecule has 4 aromatic rings. The molecule has 0 aliphatic rings. The molecule has 13 heteroatoms. The third-order valence-electron chi connectivity index (χ3n) is 6.48. The molecule has 1 amide bonds. The highest BCUT2D eigenvalue weighted by Gasteiger charge is 2.40. The van der Waals surface area contributed by atoms with Crippen LogP contribution in [-0.4, -0.2) is 66.8 Å². The van der Waals surface area contributed by atoms with Crippen LogP contribution in [0.25, 0.3) is 11.2 Å². The van der Waals surface area contributed by atoms with Crippen molar-refractivity contribution in [3.05, 3.63) is 52.5 Å². The molecule has 3 aromatic heterocycles. The van der Waals surface area contributed by atoms with Crippen LogP contribution in [0.1, 0.15) is 49.0 Å². The van der Waals surface area contributed by atoms with E-state index in [1.54, 1.807) is 24.3 Å². The number of rotatable bonds is 8. The fourth-order valence-electron chi connectivity index (χ4n) is 3.88. The summed E-state index contributed by atoms with van der Waals surface area (Å²) < 4.78 is 27.7. The van der Waals surface area contributed by atoms with E-state index in [1.165, 1.54) is 20.9 Å². The number of likely N-dealkylation sites (N-methyl/N-ethyl adjacent to an activating group) is 1. The average Bonchev–Trinajstić information content (AvgIpc) is 3.51. The number of tetrazole rings is 1. The number of carbonyl (C=O) groups is 1. The lowest BCUT2D eigenvalue weighted by Crippen LogP contribution is -2.53. The van der Waals surface area contributed by atoms with Gasteiger partial charge in [-0.15, -0.1) is 5.10 Å². The van der Waals surface area contributed by atoms with Gasteiger partial charge in [0.15, 0.2) is 5.65 Å². The van der Waals surface area contributed by atoms with E-state index in [-0.39, 0.29) is 10.8 Å². The monoisotopic (exact) mass is 511 g/mol. The van der Waals surface area contributed by atoms with E-state index >= 15 is 0 Å². The van der Waals surface area contributed by atoms with E-state index in [0.717, 1.165) is 44.5 Å². The standard InChI is InChI=1S/C23H29N9O3S/c1-7-18-25-19-13(2)17(14(3)24-20(19)26-18)12-15-8-10-16(11-9-15)36(34,35)32(6)23(4,5)21(33)27-22-28-30-31-29-22/h8-11H,7,12H2,1-6H3,(H,24,25,26)(H2,27,28,29,30,31,33). The number of H-pyrrole nitrogens is 2. The zero-order chi connectivity index (χ0) is 26.3. The van der Waals surface area contributed by atoms with Gasteiger partial charge in [0, 0.05) is 19.2 Å². The highest BCUT2D eigenvalue weighted by atomic mass is 32.2. The van der Waals surface area contributed by atoms with Crippen molar-refractivity contribution in [3.63, 3.8) is 0 Å². The number of aromatic nitrogens is 7. The summed E-state index contributed by atoms with van der Waals surface area (Å²) in [5.41, 5.74) is 4.19. The fourth-order valence-corrected chi connectivity index (χ4v) is 5.37. The molecule has 36 heavy (non-hydrogen) atoms. The summed E-state index contributed by atoms with van der Waals surface area (Å²) in [6, 6.07) is 6.66. The molecule has 0 fully saturated rings. The molecular formula is C23H29N9O3S. The van der Waals surface area contributed by atoms with Crippen molar-refractivity contribution in [1.82, 2.24) is 39.9 Å². The van der Waals surface area contributed by atoms with Crippen molar-refractivity contribution in [2.24, 2.45) is 0 Å². The SMILES string of the molecule is CCc1nc2nc(C)c(Cc3ccc(S(=O)(=O)N(C)C(C)(C)C(=O)Nc4nn[nH]n4)cc3)c(C)c2[nH]1. The molecule has 0 saturated carbocycles. The number of hydrogen-bond donors (Lipinski definition) is 3. The largest absolute Gasteiger partial charge is 0.340 e. The quantitative estimate of drug-likeness (QED) is 0.324. The van der Waals surface area contributed by atoms with Gasteiger partial charge in [-0.1, -0.05) is 24.2 Å². The minimum Gasteiger partial charge on any atom is -0.340 e. The number of imidazole rings is 1. The first-order chi connectivity index (χ1) is 16.9. The molecule has 0 bridgehead atoms. The van der Waals surface area contributed by atoms with E-state index in [2.05, 4.69) is 40.9 Å². The second-order valence-electron chi connectivity index (χ2n) is 9.08. The molecule has 0 unspecified atom stereocenters. The molecule has 190 valence electrons. The van der Waals surface area contributed by atoms with Crippen molar-refractivity contribution in [3.8, 4) is 0 Å². The molecular weight excluding hydrogens is 482 g/mol. The Kier molecular flexibility index (Phi) is 6.62. The molecule has 1 aromatic carbocycles. The normalized spacial score (nSPS) is 12.4. The third-order valence-corrected chi connectivity index (χ3v) is 8.53. The molecule has 0 aliphatic carbocycles. The Hall–Kier alpha value is -3.71. The maximum atomic E-state index is 13.3. The van der Waals surface area contributed by atoms with Gasteiger partial charge in [0.25, 0.3) is 5.95 Å². The number of anilines is 1. The Bertz CT molecular complexity index is 1510. The van der Waals surface area contributed by atoms with E-state index in [0.29, 0.717) is 12.1 Å². The summed E-state index contributed by atoms with van der Waals surface area (Å²) in [7, 11) is -2.61. The van der Waals surface area contributed by atoms with E-state index < -0.39 is 21.5 Å². The Balaban J connectivity index is 1.56. The number of aryl methyl sites for hydroxylation is 3. The fraction of sp³-hybridized carbons (Fsp3) is 0.391. The number of amides is 1. The molecule has 4 rings (SSSR count). The van der Waals surface area contributed by atoms with E-state index in [1.807, 2.05) is 20.8 Å². The van der Waals surface area contributed by atoms with Gasteiger partial charge in [-0.2, -0.15) is 9.52 Å². The number of benzene rings is 1. The first-order valence-corrected chi connectivity index (χ1v) is 12.9. The summed E-state index contributed by atoms with van der Waals surface area (Å²) >= 11 is 0. The molecule has 12 nitrogen and oxygen atoms in total. The van der Waals surface area contributed by atoms with E-state index in [9.17, 15) is 13.2 Å². The Morgan fingerprint density at radius 2 is 1.83 bits per heavy atom. The second-order valence-corrected chi connectivity index (χ2v) is 11.0. The number of nitrogens with one attached hydrogen (secondary N) is 3. The predicted octanol–water partition coefficient (Wildman–Crippen LogP) is 2.28. The summed E-state index contributed by atoms with van der Waals surface area (Å²) in [6.45, 7) is 9.04. The molecule has 3 heterocycles. The number of pyridine rings is 1. The summed E-state index contributed by atoms with van der Waals surface area (Å²) in [5, 5.41) is 15.4. The Morgan fingerprint density at radius 1 is 1.14 bits per heavy atom. The molecule has 0 spiro atoms. The Labute approximate surface area is 209 Å². The first kappa shape index (κ1) is 25.4. The van der Waals surface area contributed by atoms with Crippen molar-refractivity contribution >= 4 is 33.0 Å². The number of hydrogen-bond acceptors (Lipinski definition) is 8. The van der Waals surface area contributed by atoms with Crippen molar-refractivity contribution in [1.29, 1.82) is 0 Å². The number of aromatic amines is 2. The van der Waals surface area contributed by atoms with Gasteiger partial charge in [-0.05, 0) is 68.2 Å². The minimum atomic E-state index is -3.97. The van der Waals surface area contributed by atoms with Gasteiger partial charge >= 0.3 is 0 Å². The van der Waals surface area contributed by atoms with Crippen LogP contribution in [0.2, 0.25) is 0 Å². The maximum absolute atomic E-state index is 13.3. The van der Waals surface area contributed by atoms with Gasteiger partial charge in [0.2, 0.25) is 15.9 Å². The molecule has 0 atom stereocenters. The number of carbonyl (C=O) groups excluding carboxylic acids is 1. The summed E-state index contributed by atoms with van der Waals surface area (Å²) in [4.78, 5) is 25.3. The van der Waals surface area contributed by atoms with Crippen LogP contribution in [0, 0.1) is 13.8 Å². The summed E-state index contributed by atoms with van der Waals surface area (Å²) in [5.74, 6) is 0.262. The molecule has 0 aliphatic heterocycles. The highest BCUT2D eigenvalue weighted by Crippen LogP contribution is 2.27. The van der Waals surface area contributed by atoms with Crippen LogP contribution >= 0.6 is 0 Å². The van der Waals surface area contributed by atoms with Crippen LogP contribution in [0.4, 0.5) is 5.95 Å². The van der Waals surface area contributed by atoms with E-state index in [4.69, 9.17) is 0 Å². The van der Waals surface area contributed by atoms with Gasteiger partial charge in [0.1, 0.15) is 11.4 Å².